The molecular weight excluding hydrogens is 288 g/mol. The first kappa shape index (κ1) is 15.3. The molecule has 0 aliphatic heterocycles. The second-order valence-electron chi connectivity index (χ2n) is 5.56. The van der Waals surface area contributed by atoms with Crippen LogP contribution in [-0.2, 0) is 13.0 Å². The van der Waals surface area contributed by atoms with E-state index in [1.165, 1.54) is 5.56 Å². The van der Waals surface area contributed by atoms with Crippen LogP contribution in [0.25, 0.3) is 11.2 Å². The van der Waals surface area contributed by atoms with Crippen molar-refractivity contribution in [2.24, 2.45) is 0 Å². The maximum atomic E-state index is 5.84. The fraction of sp³-hybridized carbons (Fsp3) is 0.353. The molecule has 3 N–H and O–H groups in total. The minimum absolute atomic E-state index is 0.279. The van der Waals surface area contributed by atoms with Gasteiger partial charge in [0.2, 0.25) is 5.95 Å². The van der Waals surface area contributed by atoms with Gasteiger partial charge in [0.1, 0.15) is 0 Å². The molecule has 23 heavy (non-hydrogen) atoms. The predicted molar refractivity (Wildman–Crippen MR) is 93.3 cm³/mol. The lowest BCUT2D eigenvalue weighted by Crippen LogP contribution is -2.08. The second kappa shape index (κ2) is 7.09. The van der Waals surface area contributed by atoms with Crippen LogP contribution in [0.3, 0.4) is 0 Å². The fourth-order valence-electron chi connectivity index (χ4n) is 2.63. The van der Waals surface area contributed by atoms with Gasteiger partial charge >= 0.3 is 0 Å². The van der Waals surface area contributed by atoms with Crippen LogP contribution in [0, 0.1) is 0 Å². The molecule has 0 bridgehead atoms. The number of anilines is 2. The van der Waals surface area contributed by atoms with Gasteiger partial charge in [-0.3, -0.25) is 0 Å². The van der Waals surface area contributed by atoms with E-state index < -0.39 is 0 Å². The molecular formula is C17H22N6. The van der Waals surface area contributed by atoms with Crippen molar-refractivity contribution in [1.82, 2.24) is 19.5 Å². The monoisotopic (exact) mass is 310 g/mol. The van der Waals surface area contributed by atoms with Gasteiger partial charge in [-0.1, -0.05) is 37.3 Å². The molecule has 0 radical (unpaired) electrons. The van der Waals surface area contributed by atoms with E-state index in [1.54, 1.807) is 6.33 Å². The maximum absolute atomic E-state index is 5.84. The summed E-state index contributed by atoms with van der Waals surface area (Å²) in [6.45, 7) is 3.82. The Morgan fingerprint density at radius 3 is 2.78 bits per heavy atom. The van der Waals surface area contributed by atoms with E-state index in [0.717, 1.165) is 49.3 Å². The summed E-state index contributed by atoms with van der Waals surface area (Å²) in [7, 11) is 0. The molecule has 0 fully saturated rings. The van der Waals surface area contributed by atoms with Crippen molar-refractivity contribution in [3.05, 3.63) is 42.2 Å². The Morgan fingerprint density at radius 2 is 2.00 bits per heavy atom. The zero-order chi connectivity index (χ0) is 16.1. The van der Waals surface area contributed by atoms with Crippen molar-refractivity contribution in [1.29, 1.82) is 0 Å². The predicted octanol–water partition coefficient (Wildman–Crippen LogP) is 2.86. The largest absolute Gasteiger partial charge is 0.368 e. The molecule has 0 aliphatic carbocycles. The quantitative estimate of drug-likeness (QED) is 0.656. The Kier molecular flexibility index (Phi) is 4.71. The fourth-order valence-corrected chi connectivity index (χ4v) is 2.63. The molecule has 1 aromatic carbocycles. The van der Waals surface area contributed by atoms with Crippen molar-refractivity contribution in [2.45, 2.75) is 32.7 Å². The van der Waals surface area contributed by atoms with Crippen molar-refractivity contribution >= 4 is 22.9 Å². The van der Waals surface area contributed by atoms with Gasteiger partial charge in [-0.25, -0.2) is 4.98 Å². The van der Waals surface area contributed by atoms with Gasteiger partial charge < -0.3 is 15.6 Å². The van der Waals surface area contributed by atoms with Gasteiger partial charge in [0.25, 0.3) is 0 Å². The van der Waals surface area contributed by atoms with Gasteiger partial charge in [-0.05, 0) is 24.8 Å². The molecule has 6 heteroatoms. The molecule has 2 aromatic heterocycles. The number of fused-ring (bicyclic) bond motifs is 1. The lowest BCUT2D eigenvalue weighted by atomic mass is 10.1. The van der Waals surface area contributed by atoms with Crippen LogP contribution in [0.2, 0.25) is 0 Å². The third-order valence-electron chi connectivity index (χ3n) is 3.72. The highest BCUT2D eigenvalue weighted by Crippen LogP contribution is 2.20. The average molecular weight is 310 g/mol. The van der Waals surface area contributed by atoms with Gasteiger partial charge in [0.15, 0.2) is 17.0 Å². The summed E-state index contributed by atoms with van der Waals surface area (Å²) in [6.07, 6.45) is 4.87. The topological polar surface area (TPSA) is 81.7 Å². The maximum Gasteiger partial charge on any atom is 0.224 e. The molecule has 6 nitrogen and oxygen atoms in total. The summed E-state index contributed by atoms with van der Waals surface area (Å²) in [5, 5.41) is 3.35. The average Bonchev–Trinajstić information content (AvgIpc) is 2.96. The minimum Gasteiger partial charge on any atom is -0.368 e. The minimum atomic E-state index is 0.279. The number of aromatic nitrogens is 4. The summed E-state index contributed by atoms with van der Waals surface area (Å²) in [6, 6.07) is 10.5. The van der Waals surface area contributed by atoms with Crippen molar-refractivity contribution in [3.8, 4) is 0 Å². The molecule has 3 aromatic rings. The van der Waals surface area contributed by atoms with Crippen molar-refractivity contribution in [3.63, 3.8) is 0 Å². The van der Waals surface area contributed by atoms with Crippen LogP contribution in [0.15, 0.2) is 36.7 Å². The highest BCUT2D eigenvalue weighted by Gasteiger charge is 2.11. The highest BCUT2D eigenvalue weighted by atomic mass is 15.2. The summed E-state index contributed by atoms with van der Waals surface area (Å²) in [5.74, 6) is 0.997. The Morgan fingerprint density at radius 1 is 1.17 bits per heavy atom. The van der Waals surface area contributed by atoms with E-state index in [0.29, 0.717) is 0 Å². The molecule has 0 unspecified atom stereocenters. The first-order valence-electron chi connectivity index (χ1n) is 8.04. The molecule has 120 valence electrons. The Labute approximate surface area is 135 Å². The third-order valence-corrected chi connectivity index (χ3v) is 3.72. The number of hydrogen-bond acceptors (Lipinski definition) is 5. The zero-order valence-corrected chi connectivity index (χ0v) is 13.4. The number of rotatable bonds is 7. The molecule has 0 saturated heterocycles. The number of nitrogens with two attached hydrogens (primary N) is 1. The molecule has 0 spiro atoms. The molecule has 0 aliphatic rings. The zero-order valence-electron chi connectivity index (χ0n) is 13.4. The third kappa shape index (κ3) is 3.59. The first-order chi connectivity index (χ1) is 11.3. The molecule has 0 atom stereocenters. The van der Waals surface area contributed by atoms with Crippen LogP contribution in [0.5, 0.6) is 0 Å². The van der Waals surface area contributed by atoms with Crippen molar-refractivity contribution < 1.29 is 0 Å². The number of imidazole rings is 1. The number of benzene rings is 1. The molecule has 0 amide bonds. The van der Waals surface area contributed by atoms with Crippen LogP contribution in [0.4, 0.5) is 11.8 Å². The van der Waals surface area contributed by atoms with Crippen LogP contribution >= 0.6 is 0 Å². The number of nitrogen functional groups attached to an aromatic ring is 1. The Bertz CT molecular complexity index is 765. The van der Waals surface area contributed by atoms with Crippen LogP contribution in [-0.4, -0.2) is 26.1 Å². The molecule has 0 saturated carbocycles. The lowest BCUT2D eigenvalue weighted by Gasteiger charge is -2.08. The van der Waals surface area contributed by atoms with Gasteiger partial charge in [-0.2, -0.15) is 9.97 Å². The lowest BCUT2D eigenvalue weighted by molar-refractivity contribution is 0.691. The van der Waals surface area contributed by atoms with E-state index in [9.17, 15) is 0 Å². The summed E-state index contributed by atoms with van der Waals surface area (Å²) < 4.78 is 2.02. The Hall–Kier alpha value is -2.63. The van der Waals surface area contributed by atoms with Gasteiger partial charge in [0.05, 0.1) is 6.33 Å². The second-order valence-corrected chi connectivity index (χ2v) is 5.56. The number of nitrogens with zero attached hydrogens (tertiary/aromatic N) is 4. The van der Waals surface area contributed by atoms with Crippen LogP contribution < -0.4 is 11.1 Å². The van der Waals surface area contributed by atoms with E-state index in [4.69, 9.17) is 5.73 Å². The SMILES string of the molecule is CCCn1cnc2c(NCCCc3ccccc3)nc(N)nc21. The Balaban J connectivity index is 1.67. The number of aryl methyl sites for hydroxylation is 2. The van der Waals surface area contributed by atoms with E-state index in [2.05, 4.69) is 51.5 Å². The summed E-state index contributed by atoms with van der Waals surface area (Å²) >= 11 is 0. The standard InChI is InChI=1S/C17H22N6/c1-2-11-23-12-20-14-15(21-17(18)22-16(14)23)19-10-6-9-13-7-4-3-5-8-13/h3-5,7-8,12H,2,6,9-11H2,1H3,(H3,18,19,21,22). The smallest absolute Gasteiger partial charge is 0.224 e. The highest BCUT2D eigenvalue weighted by molar-refractivity contribution is 5.84. The van der Waals surface area contributed by atoms with Gasteiger partial charge in [0, 0.05) is 13.1 Å². The first-order valence-corrected chi connectivity index (χ1v) is 8.04. The molecule has 2 heterocycles. The summed E-state index contributed by atoms with van der Waals surface area (Å²) in [5.41, 5.74) is 8.76. The normalized spacial score (nSPS) is 11.0. The van der Waals surface area contributed by atoms with Crippen LogP contribution in [0.1, 0.15) is 25.3 Å². The number of hydrogen-bond donors (Lipinski definition) is 2. The van der Waals surface area contributed by atoms with Crippen molar-refractivity contribution in [2.75, 3.05) is 17.6 Å². The summed E-state index contributed by atoms with van der Waals surface area (Å²) in [4.78, 5) is 13.1. The number of nitrogens with one attached hydrogen (secondary N) is 1. The van der Waals surface area contributed by atoms with E-state index >= 15 is 0 Å². The van der Waals surface area contributed by atoms with Gasteiger partial charge in [-0.15, -0.1) is 0 Å². The molecule has 3 rings (SSSR count). The van der Waals surface area contributed by atoms with E-state index in [-0.39, 0.29) is 5.95 Å². The van der Waals surface area contributed by atoms with E-state index in [1.807, 2.05) is 10.6 Å².